The summed E-state index contributed by atoms with van der Waals surface area (Å²) in [5.74, 6) is 0. The van der Waals surface area contributed by atoms with Crippen LogP contribution < -0.4 is 0 Å². The molecular formula is C10H5N5. The second-order valence-electron chi connectivity index (χ2n) is 3.48. The van der Waals surface area contributed by atoms with E-state index in [1.165, 1.54) is 0 Å². The fraction of sp³-hybridized carbons (Fsp3) is 0. The lowest BCUT2D eigenvalue weighted by molar-refractivity contribution is 0.960. The third-order valence-corrected chi connectivity index (χ3v) is 2.66. The molecule has 0 aliphatic heterocycles. The van der Waals surface area contributed by atoms with Crippen LogP contribution in [0.4, 0.5) is 0 Å². The van der Waals surface area contributed by atoms with E-state index < -0.39 is 0 Å². The van der Waals surface area contributed by atoms with Crippen LogP contribution in [0.25, 0.3) is 27.5 Å². The maximum atomic E-state index is 4.32. The van der Waals surface area contributed by atoms with Gasteiger partial charge in [-0.2, -0.15) is 0 Å². The van der Waals surface area contributed by atoms with Crippen molar-refractivity contribution in [1.82, 2.24) is 24.8 Å². The summed E-state index contributed by atoms with van der Waals surface area (Å²) in [6.45, 7) is 0. The molecule has 0 atom stereocenters. The lowest BCUT2D eigenvalue weighted by Gasteiger charge is -1.98. The zero-order chi connectivity index (χ0) is 9.83. The highest BCUT2D eigenvalue weighted by Crippen LogP contribution is 2.26. The Morgan fingerprint density at radius 2 is 2.13 bits per heavy atom. The van der Waals surface area contributed by atoms with E-state index in [2.05, 4.69) is 20.4 Å². The van der Waals surface area contributed by atoms with Crippen molar-refractivity contribution in [2.45, 2.75) is 0 Å². The number of fused-ring (bicyclic) bond motifs is 2. The molecule has 0 amide bonds. The molecule has 0 radical (unpaired) electrons. The Kier molecular flexibility index (Phi) is 1.03. The van der Waals surface area contributed by atoms with Gasteiger partial charge < -0.3 is 4.40 Å². The van der Waals surface area contributed by atoms with Gasteiger partial charge in [0.1, 0.15) is 11.0 Å². The van der Waals surface area contributed by atoms with Crippen molar-refractivity contribution >= 4 is 27.5 Å². The first-order valence-corrected chi connectivity index (χ1v) is 4.60. The van der Waals surface area contributed by atoms with Crippen molar-refractivity contribution in [3.8, 4) is 0 Å². The highest BCUT2D eigenvalue weighted by molar-refractivity contribution is 6.09. The van der Waals surface area contributed by atoms with Crippen molar-refractivity contribution in [2.75, 3.05) is 0 Å². The van der Waals surface area contributed by atoms with Crippen LogP contribution in [0.5, 0.6) is 0 Å². The molecule has 0 spiro atoms. The zero-order valence-corrected chi connectivity index (χ0v) is 7.62. The van der Waals surface area contributed by atoms with Crippen LogP contribution in [-0.2, 0) is 0 Å². The largest absolute Gasteiger partial charge is 0.305 e. The van der Waals surface area contributed by atoms with E-state index in [1.54, 1.807) is 6.33 Å². The van der Waals surface area contributed by atoms with Gasteiger partial charge in [0.15, 0.2) is 0 Å². The maximum absolute atomic E-state index is 4.32. The van der Waals surface area contributed by atoms with E-state index in [0.29, 0.717) is 0 Å². The Morgan fingerprint density at radius 1 is 1.13 bits per heavy atom. The monoisotopic (exact) mass is 195 g/mol. The molecule has 1 aromatic carbocycles. The number of imidazole rings is 1. The topological polar surface area (TPSA) is 56.0 Å². The predicted molar refractivity (Wildman–Crippen MR) is 54.8 cm³/mol. The summed E-state index contributed by atoms with van der Waals surface area (Å²) in [5, 5.41) is 12.7. The van der Waals surface area contributed by atoms with Gasteiger partial charge in [0.25, 0.3) is 0 Å². The van der Waals surface area contributed by atoms with Gasteiger partial charge in [0.2, 0.25) is 0 Å². The van der Waals surface area contributed by atoms with Gasteiger partial charge in [-0.05, 0) is 23.4 Å². The first-order valence-electron chi connectivity index (χ1n) is 4.60. The summed E-state index contributed by atoms with van der Waals surface area (Å²) < 4.78 is 1.98. The van der Waals surface area contributed by atoms with Crippen LogP contribution in [-0.4, -0.2) is 24.8 Å². The van der Waals surface area contributed by atoms with Gasteiger partial charge in [-0.15, -0.1) is 10.2 Å². The lowest BCUT2D eigenvalue weighted by Crippen LogP contribution is -1.83. The maximum Gasteiger partial charge on any atom is 0.125 e. The molecule has 5 nitrogen and oxygen atoms in total. The summed E-state index contributed by atoms with van der Waals surface area (Å²) in [4.78, 5) is 4.32. The van der Waals surface area contributed by atoms with E-state index in [9.17, 15) is 0 Å². The van der Waals surface area contributed by atoms with Gasteiger partial charge in [-0.1, -0.05) is 0 Å². The molecule has 0 unspecified atom stereocenters. The third-order valence-electron chi connectivity index (χ3n) is 2.66. The second kappa shape index (κ2) is 2.20. The van der Waals surface area contributed by atoms with Crippen molar-refractivity contribution in [1.29, 1.82) is 0 Å². The first kappa shape index (κ1) is 7.05. The molecule has 0 saturated heterocycles. The van der Waals surface area contributed by atoms with E-state index in [-0.39, 0.29) is 0 Å². The number of nitrogens with zero attached hydrogens (tertiary/aromatic N) is 5. The molecule has 0 N–H and O–H groups in total. The Hall–Kier alpha value is -2.30. The van der Waals surface area contributed by atoms with Crippen LogP contribution >= 0.6 is 0 Å². The number of aromatic nitrogens is 5. The molecule has 0 aliphatic carbocycles. The molecule has 4 aromatic rings. The van der Waals surface area contributed by atoms with Crippen LogP contribution in [0.1, 0.15) is 0 Å². The Bertz CT molecular complexity index is 773. The summed E-state index contributed by atoms with van der Waals surface area (Å²) in [7, 11) is 0. The van der Waals surface area contributed by atoms with Gasteiger partial charge in [-0.25, -0.2) is 4.98 Å². The Morgan fingerprint density at radius 3 is 3.13 bits per heavy atom. The third kappa shape index (κ3) is 0.735. The minimum atomic E-state index is 0.800. The Labute approximate surface area is 83.7 Å². The van der Waals surface area contributed by atoms with Crippen molar-refractivity contribution in [3.05, 3.63) is 30.7 Å². The standard InChI is InChI=1S/C10H5N5/c1-2-6-9-7(12-14-13-9)4-8-10(6)15(3-1)5-11-8/h1-5H. The highest BCUT2D eigenvalue weighted by atomic mass is 15.3. The smallest absolute Gasteiger partial charge is 0.125 e. The second-order valence-corrected chi connectivity index (χ2v) is 3.48. The van der Waals surface area contributed by atoms with E-state index >= 15 is 0 Å². The fourth-order valence-corrected chi connectivity index (χ4v) is 2.01. The SMILES string of the molecule is c1cc2c3nnnc3cc3ncn(c1)c32. The lowest BCUT2D eigenvalue weighted by atomic mass is 10.1. The molecule has 5 heteroatoms. The molecule has 15 heavy (non-hydrogen) atoms. The number of hydrogen-bond acceptors (Lipinski definition) is 4. The molecule has 0 saturated carbocycles. The Balaban J connectivity index is 2.51. The average molecular weight is 195 g/mol. The highest BCUT2D eigenvalue weighted by Gasteiger charge is 2.10. The van der Waals surface area contributed by atoms with Gasteiger partial charge in [0.05, 0.1) is 17.4 Å². The molecule has 3 aromatic heterocycles. The fourth-order valence-electron chi connectivity index (χ4n) is 2.01. The summed E-state index contributed by atoms with van der Waals surface area (Å²) in [6.07, 6.45) is 3.77. The molecule has 0 fully saturated rings. The van der Waals surface area contributed by atoms with Crippen molar-refractivity contribution in [3.63, 3.8) is 0 Å². The quantitative estimate of drug-likeness (QED) is 0.424. The minimum Gasteiger partial charge on any atom is -0.305 e. The number of hydrogen-bond donors (Lipinski definition) is 0. The van der Waals surface area contributed by atoms with Crippen LogP contribution in [0.3, 0.4) is 0 Å². The van der Waals surface area contributed by atoms with Crippen molar-refractivity contribution < 1.29 is 0 Å². The first-order chi connectivity index (χ1) is 7.43. The van der Waals surface area contributed by atoms with Crippen molar-refractivity contribution in [2.24, 2.45) is 0 Å². The molecule has 70 valence electrons. The van der Waals surface area contributed by atoms with Gasteiger partial charge in [0, 0.05) is 11.6 Å². The molecule has 3 heterocycles. The molecule has 0 aliphatic rings. The number of benzene rings is 1. The normalized spacial score (nSPS) is 12.0. The predicted octanol–water partition coefficient (Wildman–Crippen LogP) is 1.26. The zero-order valence-electron chi connectivity index (χ0n) is 7.62. The summed E-state index contributed by atoms with van der Waals surface area (Å²) >= 11 is 0. The summed E-state index contributed by atoms with van der Waals surface area (Å²) in [5.41, 5.74) is 3.65. The summed E-state index contributed by atoms with van der Waals surface area (Å²) in [6, 6.07) is 5.90. The van der Waals surface area contributed by atoms with Crippen LogP contribution in [0.15, 0.2) is 30.7 Å². The molecular weight excluding hydrogens is 190 g/mol. The van der Waals surface area contributed by atoms with Crippen LogP contribution in [0.2, 0.25) is 0 Å². The number of rotatable bonds is 0. The number of pyridine rings is 1. The molecule has 0 bridgehead atoms. The average Bonchev–Trinajstić information content (AvgIpc) is 2.87. The van der Waals surface area contributed by atoms with Gasteiger partial charge in [-0.3, -0.25) is 0 Å². The molecule has 4 rings (SSSR count). The van der Waals surface area contributed by atoms with E-state index in [0.717, 1.165) is 27.5 Å². The van der Waals surface area contributed by atoms with Gasteiger partial charge >= 0.3 is 0 Å². The van der Waals surface area contributed by atoms with E-state index in [4.69, 9.17) is 0 Å². The van der Waals surface area contributed by atoms with Crippen LogP contribution in [0, 0.1) is 0 Å². The minimum absolute atomic E-state index is 0.800. The van der Waals surface area contributed by atoms with E-state index in [1.807, 2.05) is 28.8 Å².